The highest BCUT2D eigenvalue weighted by Gasteiger charge is 2.62. The number of ether oxygens (including phenoxy) is 20. The summed E-state index contributed by atoms with van der Waals surface area (Å²) in [4.78, 5) is 51.4. The minimum atomic E-state index is -2.48. The number of rotatable bonds is 42. The standard InChI is InChI=1S/C90H132N4O48/c1-35-55(103)63(111)65(113)85(129-35)141-73-53(91-41-20-18-37-12-5-7-14-39(37)26-41)83(133-49(33-99)69(73)139-87-67(115)75(59(107)47(31-97)131-87)137-77-61(109)51(93-89(121)123-3)71(57(105)45(101)29-95)135-79(77)81(117)118)127-24-10-22-125-43-16-9-17-44(28-43)126-23-11-25-128-84-54(92-42-21-19-38-13-6-8-15-40(38)27-42)74(142-86-66(114)64(112)56(104)36(2)130-86)70(50(34-100)134-84)140-88-68(116)76(60(108)48(32-98)132-88)138-78-62(110)52(94-90(122)124-4)72(58(106)46(102)30-96)136-80(78)82(119)120/h5-8,12-15,18-21,26-27,35-36,43-80,83-88,91-92,95-116H,9-11,16-17,22-25,28-34H2,1-4H3,(H,93,121)(H,94,122)(H,117,118)(H,119,120)/p-1/t35?,36?,43-,44+,45-,46-,47?,48?,49?,50?,51-,52-,53?,54?,55+,56+,57-,58-,59+,60+,61?,62?,63?,64?,65?,66?,67?,68?,69-,70-,71?,72?,73?,74?,75?,76?,77?,78?,79-,80-,83-,84-,85+,86+,87+,88+/m1/s1. The fraction of sp³-hybridized carbons (Fsp3) is 0.733. The Kier molecular flexibility index (Phi) is 40.4. The lowest BCUT2D eigenvalue weighted by molar-refractivity contribution is -0.378. The van der Waals surface area contributed by atoms with E-state index >= 15 is 0 Å². The van der Waals surface area contributed by atoms with Gasteiger partial charge in [-0.25, -0.2) is 14.4 Å². The number of carbonyl (C=O) groups is 4. The van der Waals surface area contributed by atoms with Gasteiger partial charge in [-0.1, -0.05) is 60.7 Å². The molecule has 142 heavy (non-hydrogen) atoms. The number of amides is 2. The minimum Gasteiger partial charge on any atom is -0.547 e. The highest BCUT2D eigenvalue weighted by atomic mass is 16.8. The summed E-state index contributed by atoms with van der Waals surface area (Å²) in [5, 5.41) is 284. The minimum absolute atomic E-state index is 0.0635. The van der Waals surface area contributed by atoms with Crippen molar-refractivity contribution in [1.29, 1.82) is 0 Å². The van der Waals surface area contributed by atoms with Gasteiger partial charge >= 0.3 is 18.2 Å². The van der Waals surface area contributed by atoms with E-state index in [-0.39, 0.29) is 51.5 Å². The summed E-state index contributed by atoms with van der Waals surface area (Å²) in [6, 6.07) is 18.3. The lowest BCUT2D eigenvalue weighted by atomic mass is 9.87. The van der Waals surface area contributed by atoms with Crippen LogP contribution in [0.25, 0.3) is 21.5 Å². The van der Waals surface area contributed by atoms with Crippen molar-refractivity contribution in [2.75, 3.05) is 90.9 Å². The monoisotopic (exact) mass is 2040 g/mol. The van der Waals surface area contributed by atoms with Crippen molar-refractivity contribution >= 4 is 57.0 Å². The van der Waals surface area contributed by atoms with Gasteiger partial charge in [-0.3, -0.25) is 0 Å². The molecule has 800 valence electrons. The maximum absolute atomic E-state index is 13.0. The van der Waals surface area contributed by atoms with Crippen LogP contribution >= 0.6 is 0 Å². The van der Waals surface area contributed by atoms with Gasteiger partial charge in [0.05, 0.1) is 110 Å². The van der Waals surface area contributed by atoms with E-state index < -0.39 is 333 Å². The molecule has 1 saturated carbocycles. The third kappa shape index (κ3) is 25.9. The number of carbonyl (C=O) groups excluding carboxylic acids is 3. The summed E-state index contributed by atoms with van der Waals surface area (Å²) < 4.78 is 122. The van der Waals surface area contributed by atoms with Crippen LogP contribution in [-0.2, 0) is 104 Å². The molecule has 46 atom stereocenters. The first-order valence-corrected chi connectivity index (χ1v) is 46.8. The molecular weight excluding hydrogens is 1900 g/mol. The molecule has 8 saturated heterocycles. The van der Waals surface area contributed by atoms with Crippen LogP contribution in [0, 0.1) is 0 Å². The lowest BCUT2D eigenvalue weighted by Gasteiger charge is -2.51. The molecule has 13 rings (SSSR count). The van der Waals surface area contributed by atoms with Gasteiger partial charge in [-0.05, 0) is 98.2 Å². The average molecular weight is 2040 g/mol. The van der Waals surface area contributed by atoms with Crippen molar-refractivity contribution in [2.24, 2.45) is 0 Å². The molecule has 4 aromatic carbocycles. The summed E-state index contributed by atoms with van der Waals surface area (Å²) in [6.07, 6.45) is -79.5. The average Bonchev–Trinajstić information content (AvgIpc) is 0.761. The predicted octanol–water partition coefficient (Wildman–Crippen LogP) is -10.6. The lowest BCUT2D eigenvalue weighted by Crippen LogP contribution is -2.72. The molecule has 24 unspecified atom stereocenters. The van der Waals surface area contributed by atoms with E-state index in [1.807, 2.05) is 36.4 Å². The van der Waals surface area contributed by atoms with Gasteiger partial charge in [0.1, 0.15) is 201 Å². The number of aliphatic hydroxyl groups excluding tert-OH is 22. The van der Waals surface area contributed by atoms with E-state index in [2.05, 4.69) is 30.7 Å². The molecule has 0 bridgehead atoms. The Morgan fingerprint density at radius 3 is 1.11 bits per heavy atom. The number of hydrogen-bond donors (Lipinski definition) is 27. The summed E-state index contributed by atoms with van der Waals surface area (Å²) in [5.74, 6) is -4.04. The van der Waals surface area contributed by atoms with E-state index in [0.717, 1.165) is 35.8 Å². The van der Waals surface area contributed by atoms with E-state index in [9.17, 15) is 142 Å². The van der Waals surface area contributed by atoms with Crippen LogP contribution in [0.3, 0.4) is 0 Å². The van der Waals surface area contributed by atoms with E-state index in [1.54, 1.807) is 48.5 Å². The van der Waals surface area contributed by atoms with Crippen LogP contribution in [0.15, 0.2) is 84.9 Å². The van der Waals surface area contributed by atoms with Crippen LogP contribution in [0.1, 0.15) is 52.4 Å². The molecule has 0 radical (unpaired) electrons. The van der Waals surface area contributed by atoms with Gasteiger partial charge in [0, 0.05) is 24.6 Å². The number of methoxy groups -OCH3 is 2. The molecule has 52 heteroatoms. The molecule has 2 amide bonds. The second kappa shape index (κ2) is 51.2. The SMILES string of the molecule is COC(=O)N[C@@H]1C(O)C(OC2C(O)[C@H](O[C@@H]3C(CO)O[C@@H](OCCCO[C@H]4CCC[C@@H](OCCCO[C@@H]5OC(CO)[C@@H](O[C@@H]6OC(CO)[C@H](O)C(OC7C(O)[C@@H](NC(=O)OC)C([C@H](O)[C@H](O)CO)O[C@H]7C(=O)O)C6O)C(O[C@@H]6OC(C)[C@H](O)C(O)C6O)C5Nc5ccc6ccccc6c5)C4)C(Nc4ccc5ccccc5c4)C3O[C@@H]3OC(C)[C@H](O)C(O)C3O)OC(CO)[C@@H]2O)[C@H](C(=O)[O-])OC1[C@H](O)[C@H](O)CO. The third-order valence-corrected chi connectivity index (χ3v) is 26.9. The number of alkyl carbamates (subject to hydrolysis) is 2. The van der Waals surface area contributed by atoms with Crippen molar-refractivity contribution < 1.29 is 236 Å². The molecule has 8 aliphatic heterocycles. The largest absolute Gasteiger partial charge is 0.547 e. The van der Waals surface area contributed by atoms with Crippen molar-refractivity contribution in [2.45, 2.75) is 334 Å². The number of aliphatic carboxylic acids is 2. The normalized spacial score (nSPS) is 40.4. The second-order valence-electron chi connectivity index (χ2n) is 36.3. The Balaban J connectivity index is 0.700. The molecule has 9 fully saturated rings. The fourth-order valence-electron chi connectivity index (χ4n) is 19.1. The quantitative estimate of drug-likeness (QED) is 0.0183. The number of anilines is 2. The molecule has 27 N–H and O–H groups in total. The Bertz CT molecular complexity index is 4330. The first kappa shape index (κ1) is 112. The summed E-state index contributed by atoms with van der Waals surface area (Å²) in [7, 11) is 1.82. The highest BCUT2D eigenvalue weighted by molar-refractivity contribution is 5.86. The Labute approximate surface area is 811 Å². The van der Waals surface area contributed by atoms with Gasteiger partial charge in [-0.2, -0.15) is 0 Å². The van der Waals surface area contributed by atoms with Gasteiger partial charge in [-0.15, -0.1) is 0 Å². The molecule has 0 spiro atoms. The molecule has 8 heterocycles. The van der Waals surface area contributed by atoms with Gasteiger partial charge in [0.2, 0.25) is 0 Å². The zero-order valence-electron chi connectivity index (χ0n) is 77.4. The summed E-state index contributed by atoms with van der Waals surface area (Å²) in [6.45, 7) is -3.83. The van der Waals surface area contributed by atoms with Gasteiger partial charge in [0.25, 0.3) is 0 Å². The number of benzene rings is 4. The van der Waals surface area contributed by atoms with Crippen molar-refractivity contribution in [3.8, 4) is 0 Å². The van der Waals surface area contributed by atoms with Crippen molar-refractivity contribution in [1.82, 2.24) is 10.6 Å². The number of nitrogens with one attached hydrogen (secondary N) is 4. The van der Waals surface area contributed by atoms with Crippen LogP contribution in [-0.4, -0.2) is 504 Å². The van der Waals surface area contributed by atoms with E-state index in [1.165, 1.54) is 13.8 Å². The zero-order valence-corrected chi connectivity index (χ0v) is 77.4. The smallest absolute Gasteiger partial charge is 0.407 e. The van der Waals surface area contributed by atoms with Crippen LogP contribution in [0.4, 0.5) is 21.0 Å². The van der Waals surface area contributed by atoms with E-state index in [4.69, 9.17) is 85.3 Å². The number of aliphatic hydroxyl groups is 22. The number of hydrogen-bond acceptors (Lipinski definition) is 49. The summed E-state index contributed by atoms with van der Waals surface area (Å²) >= 11 is 0. The molecule has 4 aromatic rings. The summed E-state index contributed by atoms with van der Waals surface area (Å²) in [5.41, 5.74) is 0.739. The Hall–Kier alpha value is -7.12. The molecule has 52 nitrogen and oxygen atoms in total. The number of carboxylic acids is 2. The maximum Gasteiger partial charge on any atom is 0.407 e. The number of carboxylic acid groups (broad SMARTS) is 2. The van der Waals surface area contributed by atoms with Crippen molar-refractivity contribution in [3.05, 3.63) is 84.9 Å². The first-order valence-electron chi connectivity index (χ1n) is 46.8. The first-order chi connectivity index (χ1) is 68.0. The Morgan fingerprint density at radius 2 is 0.739 bits per heavy atom. The van der Waals surface area contributed by atoms with Crippen LogP contribution in [0.5, 0.6) is 0 Å². The highest BCUT2D eigenvalue weighted by Crippen LogP contribution is 2.43. The molecule has 0 aromatic heterocycles. The molecule has 1 aliphatic carbocycles. The maximum atomic E-state index is 13.0. The van der Waals surface area contributed by atoms with Crippen molar-refractivity contribution in [3.63, 3.8) is 0 Å². The number of fused-ring (bicyclic) bond motifs is 2. The van der Waals surface area contributed by atoms with Gasteiger partial charge < -0.3 is 243 Å². The molecular formula is C90H131N4O48-. The Morgan fingerprint density at radius 1 is 0.380 bits per heavy atom. The topological polar surface area (TPSA) is 789 Å². The third-order valence-electron chi connectivity index (χ3n) is 26.9. The zero-order chi connectivity index (χ0) is 103. The molecule has 9 aliphatic rings. The van der Waals surface area contributed by atoms with Crippen LogP contribution in [0.2, 0.25) is 0 Å². The van der Waals surface area contributed by atoms with Gasteiger partial charge in [0.15, 0.2) is 43.8 Å². The van der Waals surface area contributed by atoms with E-state index in [0.29, 0.717) is 37.1 Å². The predicted molar refractivity (Wildman–Crippen MR) is 469 cm³/mol. The van der Waals surface area contributed by atoms with Crippen LogP contribution < -0.4 is 26.4 Å². The fourth-order valence-corrected chi connectivity index (χ4v) is 19.1. The second-order valence-corrected chi connectivity index (χ2v) is 36.3.